The fourth-order valence-corrected chi connectivity index (χ4v) is 1.66. The van der Waals surface area contributed by atoms with E-state index in [1.807, 2.05) is 0 Å². The molecule has 21 heavy (non-hydrogen) atoms. The van der Waals surface area contributed by atoms with Crippen molar-refractivity contribution in [1.29, 1.82) is 0 Å². The summed E-state index contributed by atoms with van der Waals surface area (Å²) >= 11 is 0. The highest BCUT2D eigenvalue weighted by Crippen LogP contribution is 2.18. The fraction of sp³-hybridized carbons (Fsp3) is 0.133. The maximum Gasteiger partial charge on any atom is 0.337 e. The van der Waals surface area contributed by atoms with Gasteiger partial charge in [-0.25, -0.2) is 9.18 Å². The molecule has 0 atom stereocenters. The fourth-order valence-electron chi connectivity index (χ4n) is 1.66. The van der Waals surface area contributed by atoms with Crippen LogP contribution in [0.25, 0.3) is 0 Å². The Labute approximate surface area is 120 Å². The third-order valence-corrected chi connectivity index (χ3v) is 2.78. The van der Waals surface area contributed by atoms with Crippen molar-refractivity contribution < 1.29 is 23.8 Å². The highest BCUT2D eigenvalue weighted by Gasteiger charge is 2.09. The number of carbonyl (C=O) groups excluding carboxylic acids is 1. The number of rotatable bonds is 5. The van der Waals surface area contributed by atoms with E-state index in [1.54, 1.807) is 0 Å². The van der Waals surface area contributed by atoms with E-state index in [9.17, 15) is 14.0 Å². The second-order valence-corrected chi connectivity index (χ2v) is 4.33. The summed E-state index contributed by atoms with van der Waals surface area (Å²) < 4.78 is 18.9. The minimum absolute atomic E-state index is 0.00582. The predicted octanol–water partition coefficient (Wildman–Crippen LogP) is 2.70. The van der Waals surface area contributed by atoms with Crippen LogP contribution in [-0.4, -0.2) is 21.8 Å². The van der Waals surface area contributed by atoms with E-state index in [4.69, 9.17) is 9.84 Å². The van der Waals surface area contributed by atoms with Crippen molar-refractivity contribution in [1.82, 2.24) is 4.98 Å². The quantitative estimate of drug-likeness (QED) is 0.856. The van der Waals surface area contributed by atoms with Gasteiger partial charge in [0.1, 0.15) is 18.2 Å². The standard InChI is InChI=1S/C15H12FNO4/c1-9(18)13-5-4-12(6-14(13)16)21-8-11-3-2-10(7-17-11)15(19)20/h2-7H,8H2,1H3,(H,19,20). The van der Waals surface area contributed by atoms with Crippen molar-refractivity contribution in [3.8, 4) is 5.75 Å². The molecule has 0 bridgehead atoms. The first kappa shape index (κ1) is 14.6. The average Bonchev–Trinajstić information content (AvgIpc) is 2.45. The predicted molar refractivity (Wildman–Crippen MR) is 71.9 cm³/mol. The van der Waals surface area contributed by atoms with Crippen molar-refractivity contribution in [2.45, 2.75) is 13.5 Å². The number of carbonyl (C=O) groups is 2. The Balaban J connectivity index is 2.04. The molecule has 2 rings (SSSR count). The molecule has 1 N–H and O–H groups in total. The molecule has 2 aromatic rings. The average molecular weight is 289 g/mol. The lowest BCUT2D eigenvalue weighted by Crippen LogP contribution is -2.03. The molecule has 0 unspecified atom stereocenters. The van der Waals surface area contributed by atoms with Crippen LogP contribution in [-0.2, 0) is 6.61 Å². The molecule has 0 aliphatic heterocycles. The number of pyridine rings is 1. The molecular formula is C15H12FNO4. The number of hydrogen-bond acceptors (Lipinski definition) is 4. The number of nitrogens with zero attached hydrogens (tertiary/aromatic N) is 1. The first-order valence-corrected chi connectivity index (χ1v) is 6.09. The highest BCUT2D eigenvalue weighted by atomic mass is 19.1. The van der Waals surface area contributed by atoms with Gasteiger partial charge in [-0.1, -0.05) is 0 Å². The maximum atomic E-state index is 13.6. The van der Waals surface area contributed by atoms with Crippen molar-refractivity contribution >= 4 is 11.8 Å². The van der Waals surface area contributed by atoms with E-state index in [-0.39, 0.29) is 29.3 Å². The lowest BCUT2D eigenvalue weighted by molar-refractivity contribution is 0.0696. The number of ether oxygens (including phenoxy) is 1. The van der Waals surface area contributed by atoms with E-state index in [0.29, 0.717) is 5.69 Å². The molecule has 1 heterocycles. The second-order valence-electron chi connectivity index (χ2n) is 4.33. The van der Waals surface area contributed by atoms with Gasteiger partial charge in [0.15, 0.2) is 5.78 Å². The maximum absolute atomic E-state index is 13.6. The normalized spacial score (nSPS) is 10.2. The zero-order valence-electron chi connectivity index (χ0n) is 11.2. The Morgan fingerprint density at radius 1 is 1.29 bits per heavy atom. The highest BCUT2D eigenvalue weighted by molar-refractivity contribution is 5.94. The molecule has 0 aliphatic rings. The van der Waals surface area contributed by atoms with Crippen LogP contribution in [0.4, 0.5) is 4.39 Å². The third kappa shape index (κ3) is 3.62. The first-order chi connectivity index (χ1) is 9.97. The van der Waals surface area contributed by atoms with Gasteiger partial charge in [0.25, 0.3) is 0 Å². The van der Waals surface area contributed by atoms with Crippen molar-refractivity contribution in [3.05, 3.63) is 59.2 Å². The Morgan fingerprint density at radius 3 is 2.57 bits per heavy atom. The lowest BCUT2D eigenvalue weighted by Gasteiger charge is -2.07. The molecule has 0 amide bonds. The molecule has 0 saturated carbocycles. The number of aromatic nitrogens is 1. The van der Waals surface area contributed by atoms with Gasteiger partial charge in [0, 0.05) is 12.3 Å². The van der Waals surface area contributed by atoms with Crippen LogP contribution in [0.3, 0.4) is 0 Å². The van der Waals surface area contributed by atoms with E-state index in [1.165, 1.54) is 37.4 Å². The third-order valence-electron chi connectivity index (χ3n) is 2.78. The number of hydrogen-bond donors (Lipinski definition) is 1. The Kier molecular flexibility index (Phi) is 4.27. The number of aromatic carboxylic acids is 1. The van der Waals surface area contributed by atoms with E-state index < -0.39 is 11.8 Å². The van der Waals surface area contributed by atoms with Gasteiger partial charge in [-0.3, -0.25) is 9.78 Å². The van der Waals surface area contributed by atoms with Gasteiger partial charge in [-0.15, -0.1) is 0 Å². The Bertz CT molecular complexity index is 683. The molecule has 0 fully saturated rings. The largest absolute Gasteiger partial charge is 0.487 e. The van der Waals surface area contributed by atoms with Gasteiger partial charge in [-0.05, 0) is 31.2 Å². The minimum atomic E-state index is -1.06. The molecule has 1 aromatic carbocycles. The zero-order valence-corrected chi connectivity index (χ0v) is 11.2. The van der Waals surface area contributed by atoms with E-state index >= 15 is 0 Å². The zero-order chi connectivity index (χ0) is 15.4. The SMILES string of the molecule is CC(=O)c1ccc(OCc2ccc(C(=O)O)cn2)cc1F. The summed E-state index contributed by atoms with van der Waals surface area (Å²) in [4.78, 5) is 25.7. The van der Waals surface area contributed by atoms with E-state index in [2.05, 4.69) is 4.98 Å². The lowest BCUT2D eigenvalue weighted by atomic mass is 10.1. The van der Waals surface area contributed by atoms with Gasteiger partial charge in [0.05, 0.1) is 16.8 Å². The molecule has 6 heteroatoms. The summed E-state index contributed by atoms with van der Waals surface area (Å²) in [6.45, 7) is 1.35. The smallest absolute Gasteiger partial charge is 0.337 e. The molecule has 0 radical (unpaired) electrons. The van der Waals surface area contributed by atoms with Crippen LogP contribution in [0.1, 0.15) is 33.3 Å². The number of ketones is 1. The summed E-state index contributed by atoms with van der Waals surface area (Å²) in [5, 5.41) is 8.74. The van der Waals surface area contributed by atoms with Gasteiger partial charge < -0.3 is 9.84 Å². The van der Waals surface area contributed by atoms with Crippen LogP contribution < -0.4 is 4.74 Å². The molecule has 1 aromatic heterocycles. The van der Waals surface area contributed by atoms with E-state index in [0.717, 1.165) is 6.07 Å². The summed E-state index contributed by atoms with van der Waals surface area (Å²) in [6, 6.07) is 6.90. The number of carboxylic acid groups (broad SMARTS) is 1. The van der Waals surface area contributed by atoms with Crippen molar-refractivity contribution in [2.75, 3.05) is 0 Å². The minimum Gasteiger partial charge on any atom is -0.487 e. The topological polar surface area (TPSA) is 76.5 Å². The van der Waals surface area contributed by atoms with Crippen LogP contribution in [0.15, 0.2) is 36.5 Å². The summed E-state index contributed by atoms with van der Waals surface area (Å²) in [5.41, 5.74) is 0.595. The number of halogens is 1. The van der Waals surface area contributed by atoms with Gasteiger partial charge in [0.2, 0.25) is 0 Å². The molecule has 0 spiro atoms. The molecule has 0 aliphatic carbocycles. The Morgan fingerprint density at radius 2 is 2.05 bits per heavy atom. The van der Waals surface area contributed by atoms with Crippen LogP contribution in [0.2, 0.25) is 0 Å². The molecule has 5 nitrogen and oxygen atoms in total. The van der Waals surface area contributed by atoms with Gasteiger partial charge >= 0.3 is 5.97 Å². The number of Topliss-reactive ketones (excluding diaryl/α,β-unsaturated/α-hetero) is 1. The molecule has 0 saturated heterocycles. The van der Waals surface area contributed by atoms with Gasteiger partial charge in [-0.2, -0.15) is 0 Å². The summed E-state index contributed by atoms with van der Waals surface area (Å²) in [6.07, 6.45) is 1.22. The van der Waals surface area contributed by atoms with Crippen LogP contribution >= 0.6 is 0 Å². The van der Waals surface area contributed by atoms with Crippen molar-refractivity contribution in [3.63, 3.8) is 0 Å². The number of benzene rings is 1. The van der Waals surface area contributed by atoms with Crippen LogP contribution in [0, 0.1) is 5.82 Å². The Hall–Kier alpha value is -2.76. The summed E-state index contributed by atoms with van der Waals surface area (Å²) in [7, 11) is 0. The monoisotopic (exact) mass is 289 g/mol. The van der Waals surface area contributed by atoms with Crippen molar-refractivity contribution in [2.24, 2.45) is 0 Å². The second kappa shape index (κ2) is 6.13. The first-order valence-electron chi connectivity index (χ1n) is 6.09. The summed E-state index contributed by atoms with van der Waals surface area (Å²) in [5.74, 6) is -1.79. The molecular weight excluding hydrogens is 277 g/mol. The van der Waals surface area contributed by atoms with Crippen LogP contribution in [0.5, 0.6) is 5.75 Å². The molecule has 108 valence electrons. The number of carboxylic acids is 1.